The third-order valence-electron chi connectivity index (χ3n) is 2.16. The Morgan fingerprint density at radius 1 is 1.33 bits per heavy atom. The van der Waals surface area contributed by atoms with Crippen molar-refractivity contribution in [1.82, 2.24) is 0 Å². The summed E-state index contributed by atoms with van der Waals surface area (Å²) in [6.45, 7) is 4.32. The average Bonchev–Trinajstić information content (AvgIpc) is 2.05. The lowest BCUT2D eigenvalue weighted by molar-refractivity contribution is 0.907. The largest absolute Gasteiger partial charge is 0.122 e. The van der Waals surface area contributed by atoms with Crippen molar-refractivity contribution >= 4 is 11.6 Å². The summed E-state index contributed by atoms with van der Waals surface area (Å²) in [6.07, 6.45) is 2.33. The number of benzene rings is 1. The van der Waals surface area contributed by atoms with Crippen molar-refractivity contribution in [3.8, 4) is 0 Å². The summed E-state index contributed by atoms with van der Waals surface area (Å²) >= 11 is 5.87. The molecule has 66 valence electrons. The summed E-state index contributed by atoms with van der Waals surface area (Å²) in [5.74, 6) is 0.641. The van der Waals surface area contributed by atoms with E-state index in [1.165, 1.54) is 23.1 Å². The molecule has 1 aromatic carbocycles. The normalized spacial score (nSPS) is 10.2. The molecule has 0 bridgehead atoms. The van der Waals surface area contributed by atoms with Crippen LogP contribution in [0.5, 0.6) is 0 Å². The molecule has 0 aliphatic heterocycles. The maximum Gasteiger partial charge on any atom is 0.0479 e. The monoisotopic (exact) mass is 182 g/mol. The molecule has 0 nitrogen and oxygen atoms in total. The van der Waals surface area contributed by atoms with E-state index in [2.05, 4.69) is 32.0 Å². The van der Waals surface area contributed by atoms with Gasteiger partial charge in [-0.05, 0) is 30.0 Å². The lowest BCUT2D eigenvalue weighted by Crippen LogP contribution is -1.93. The van der Waals surface area contributed by atoms with Gasteiger partial charge in [0, 0.05) is 5.88 Å². The predicted octanol–water partition coefficient (Wildman–Crippen LogP) is 3.69. The first kappa shape index (κ1) is 9.60. The highest BCUT2D eigenvalue weighted by Gasteiger charge is 2.02. The second kappa shape index (κ2) is 4.51. The first-order valence-corrected chi connectivity index (χ1v) is 4.96. The van der Waals surface area contributed by atoms with Crippen molar-refractivity contribution in [2.45, 2.75) is 32.6 Å². The fourth-order valence-corrected chi connectivity index (χ4v) is 1.84. The molecule has 0 fully saturated rings. The Bertz CT molecular complexity index is 253. The van der Waals surface area contributed by atoms with E-state index in [9.17, 15) is 0 Å². The molecule has 0 atom stereocenters. The van der Waals surface area contributed by atoms with Gasteiger partial charge in [-0.2, -0.15) is 0 Å². The lowest BCUT2D eigenvalue weighted by Gasteiger charge is -2.08. The molecule has 0 aliphatic carbocycles. The molecule has 0 spiro atoms. The third kappa shape index (κ3) is 2.01. The zero-order valence-corrected chi connectivity index (χ0v) is 8.49. The lowest BCUT2D eigenvalue weighted by atomic mass is 10.0. The van der Waals surface area contributed by atoms with Gasteiger partial charge in [0.15, 0.2) is 0 Å². The first-order valence-electron chi connectivity index (χ1n) is 4.43. The van der Waals surface area contributed by atoms with Crippen LogP contribution in [0.4, 0.5) is 0 Å². The Kier molecular flexibility index (Phi) is 3.61. The van der Waals surface area contributed by atoms with Gasteiger partial charge in [0.1, 0.15) is 0 Å². The summed E-state index contributed by atoms with van der Waals surface area (Å²) in [5, 5.41) is 0. The average molecular weight is 183 g/mol. The predicted molar refractivity (Wildman–Crippen MR) is 54.7 cm³/mol. The maximum atomic E-state index is 5.87. The van der Waals surface area contributed by atoms with E-state index in [4.69, 9.17) is 11.6 Å². The van der Waals surface area contributed by atoms with Crippen molar-refractivity contribution in [1.29, 1.82) is 0 Å². The molecule has 0 amide bonds. The Labute approximate surface area is 79.6 Å². The summed E-state index contributed by atoms with van der Waals surface area (Å²) in [6, 6.07) is 6.40. The van der Waals surface area contributed by atoms with E-state index >= 15 is 0 Å². The Morgan fingerprint density at radius 2 is 2.08 bits per heavy atom. The Hall–Kier alpha value is -0.490. The summed E-state index contributed by atoms with van der Waals surface area (Å²) in [4.78, 5) is 0. The molecule has 0 saturated carbocycles. The third-order valence-corrected chi connectivity index (χ3v) is 2.43. The highest BCUT2D eigenvalue weighted by atomic mass is 35.5. The maximum absolute atomic E-state index is 5.87. The van der Waals surface area contributed by atoms with E-state index in [1.807, 2.05) is 0 Å². The molecular formula is C11H15Cl. The Morgan fingerprint density at radius 3 is 2.67 bits per heavy atom. The van der Waals surface area contributed by atoms with Crippen LogP contribution in [0, 0.1) is 6.92 Å². The molecule has 1 rings (SSSR count). The second-order valence-electron chi connectivity index (χ2n) is 3.10. The van der Waals surface area contributed by atoms with Crippen LogP contribution in [0.3, 0.4) is 0 Å². The number of rotatable bonds is 3. The van der Waals surface area contributed by atoms with Gasteiger partial charge in [0.2, 0.25) is 0 Å². The molecule has 1 aromatic rings. The van der Waals surface area contributed by atoms with Crippen LogP contribution in [-0.4, -0.2) is 0 Å². The smallest absolute Gasteiger partial charge is 0.0479 e. The number of hydrogen-bond acceptors (Lipinski definition) is 0. The number of alkyl halides is 1. The fourth-order valence-electron chi connectivity index (χ4n) is 1.46. The van der Waals surface area contributed by atoms with Gasteiger partial charge in [-0.1, -0.05) is 31.5 Å². The minimum absolute atomic E-state index is 0.641. The fraction of sp³-hybridized carbons (Fsp3) is 0.455. The van der Waals surface area contributed by atoms with Gasteiger partial charge in [0.05, 0.1) is 0 Å². The number of hydrogen-bond donors (Lipinski definition) is 0. The molecule has 0 unspecified atom stereocenters. The van der Waals surface area contributed by atoms with Crippen molar-refractivity contribution < 1.29 is 0 Å². The SMILES string of the molecule is CCCc1cccc(C)c1CCl. The van der Waals surface area contributed by atoms with Gasteiger partial charge in [-0.25, -0.2) is 0 Å². The van der Waals surface area contributed by atoms with Crippen LogP contribution in [-0.2, 0) is 12.3 Å². The van der Waals surface area contributed by atoms with Crippen LogP contribution >= 0.6 is 11.6 Å². The minimum Gasteiger partial charge on any atom is -0.122 e. The highest BCUT2D eigenvalue weighted by molar-refractivity contribution is 6.17. The molecule has 0 N–H and O–H groups in total. The molecule has 0 radical (unpaired) electrons. The molecule has 12 heavy (non-hydrogen) atoms. The van der Waals surface area contributed by atoms with Crippen molar-refractivity contribution in [2.75, 3.05) is 0 Å². The highest BCUT2D eigenvalue weighted by Crippen LogP contribution is 2.17. The Balaban J connectivity index is 3.00. The van der Waals surface area contributed by atoms with Crippen LogP contribution in [0.2, 0.25) is 0 Å². The second-order valence-corrected chi connectivity index (χ2v) is 3.36. The molecule has 0 aliphatic rings. The molecule has 0 heterocycles. The minimum atomic E-state index is 0.641. The van der Waals surface area contributed by atoms with Gasteiger partial charge in [0.25, 0.3) is 0 Å². The first-order chi connectivity index (χ1) is 5.79. The zero-order valence-electron chi connectivity index (χ0n) is 7.73. The van der Waals surface area contributed by atoms with Gasteiger partial charge in [-0.3, -0.25) is 0 Å². The van der Waals surface area contributed by atoms with Gasteiger partial charge >= 0.3 is 0 Å². The standard InChI is InChI=1S/C11H15Cl/c1-3-5-10-7-4-6-9(2)11(10)8-12/h4,6-7H,3,5,8H2,1-2H3. The van der Waals surface area contributed by atoms with E-state index in [-0.39, 0.29) is 0 Å². The van der Waals surface area contributed by atoms with E-state index in [0.717, 1.165) is 6.42 Å². The summed E-state index contributed by atoms with van der Waals surface area (Å²) in [5.41, 5.74) is 4.05. The number of halogens is 1. The van der Waals surface area contributed by atoms with Gasteiger partial charge in [-0.15, -0.1) is 11.6 Å². The quantitative estimate of drug-likeness (QED) is 0.626. The van der Waals surface area contributed by atoms with Gasteiger partial charge < -0.3 is 0 Å². The molecule has 0 aromatic heterocycles. The molecule has 1 heteroatoms. The molecule has 0 saturated heterocycles. The van der Waals surface area contributed by atoms with E-state index in [1.54, 1.807) is 0 Å². The van der Waals surface area contributed by atoms with Crippen LogP contribution < -0.4 is 0 Å². The van der Waals surface area contributed by atoms with Crippen molar-refractivity contribution in [3.63, 3.8) is 0 Å². The van der Waals surface area contributed by atoms with Crippen LogP contribution in [0.25, 0.3) is 0 Å². The summed E-state index contributed by atoms with van der Waals surface area (Å²) < 4.78 is 0. The number of aryl methyl sites for hydroxylation is 2. The van der Waals surface area contributed by atoms with Crippen molar-refractivity contribution in [3.05, 3.63) is 34.9 Å². The molecular weight excluding hydrogens is 168 g/mol. The van der Waals surface area contributed by atoms with E-state index in [0.29, 0.717) is 5.88 Å². The van der Waals surface area contributed by atoms with Crippen molar-refractivity contribution in [2.24, 2.45) is 0 Å². The van der Waals surface area contributed by atoms with E-state index < -0.39 is 0 Å². The summed E-state index contributed by atoms with van der Waals surface area (Å²) in [7, 11) is 0. The zero-order chi connectivity index (χ0) is 8.97. The van der Waals surface area contributed by atoms with Crippen LogP contribution in [0.15, 0.2) is 18.2 Å². The topological polar surface area (TPSA) is 0 Å². The van der Waals surface area contributed by atoms with Crippen LogP contribution in [0.1, 0.15) is 30.0 Å².